The van der Waals surface area contributed by atoms with Crippen molar-refractivity contribution >= 4 is 0 Å². The quantitative estimate of drug-likeness (QED) is 0.785. The second-order valence-corrected chi connectivity index (χ2v) is 5.59. The van der Waals surface area contributed by atoms with Crippen LogP contribution in [0.15, 0.2) is 30.5 Å². The molecule has 114 valence electrons. The normalized spacial score (nSPS) is 11.3. The fraction of sp³-hybridized carbons (Fsp3) is 0.333. The van der Waals surface area contributed by atoms with Gasteiger partial charge < -0.3 is 0 Å². The first kappa shape index (κ1) is 14.4. The summed E-state index contributed by atoms with van der Waals surface area (Å²) in [5.74, 6) is 1.65. The van der Waals surface area contributed by atoms with Crippen LogP contribution in [0.2, 0.25) is 0 Å². The average Bonchev–Trinajstić information content (AvgIpc) is 3.10. The maximum atomic E-state index is 13.0. The molecule has 0 aliphatic heterocycles. The van der Waals surface area contributed by atoms with Crippen molar-refractivity contribution < 1.29 is 4.39 Å². The molecule has 7 heteroatoms. The molecule has 1 aromatic carbocycles. The van der Waals surface area contributed by atoms with Crippen LogP contribution in [0.5, 0.6) is 0 Å². The Kier molecular flexibility index (Phi) is 3.95. The summed E-state index contributed by atoms with van der Waals surface area (Å²) in [5.41, 5.74) is 1.59. The standard InChI is InChI=1S/C15H17FN6/c1-10(2)7-14-18-15(13-8-17-21-19-13)22(20-14)9-11-3-5-12(16)6-4-11/h3-6,8,10H,7,9H2,1-2H3,(H,17,19,21). The smallest absolute Gasteiger partial charge is 0.180 e. The summed E-state index contributed by atoms with van der Waals surface area (Å²) in [7, 11) is 0. The molecule has 0 aliphatic carbocycles. The Hall–Kier alpha value is -2.57. The molecule has 1 N–H and O–H groups in total. The molecule has 0 saturated heterocycles. The fourth-order valence-electron chi connectivity index (χ4n) is 2.21. The van der Waals surface area contributed by atoms with Gasteiger partial charge in [-0.2, -0.15) is 20.5 Å². The van der Waals surface area contributed by atoms with E-state index in [1.54, 1.807) is 23.0 Å². The van der Waals surface area contributed by atoms with Crippen LogP contribution in [0.3, 0.4) is 0 Å². The highest BCUT2D eigenvalue weighted by Gasteiger charge is 2.15. The number of aromatic amines is 1. The van der Waals surface area contributed by atoms with Gasteiger partial charge in [-0.15, -0.1) is 0 Å². The van der Waals surface area contributed by atoms with Crippen molar-refractivity contribution in [2.75, 3.05) is 0 Å². The lowest BCUT2D eigenvalue weighted by Gasteiger charge is -2.04. The van der Waals surface area contributed by atoms with Crippen LogP contribution in [0.4, 0.5) is 4.39 Å². The number of rotatable bonds is 5. The van der Waals surface area contributed by atoms with E-state index >= 15 is 0 Å². The van der Waals surface area contributed by atoms with E-state index in [9.17, 15) is 4.39 Å². The number of hydrogen-bond acceptors (Lipinski definition) is 4. The van der Waals surface area contributed by atoms with Crippen LogP contribution in [-0.2, 0) is 13.0 Å². The lowest BCUT2D eigenvalue weighted by molar-refractivity contribution is 0.602. The molecule has 0 amide bonds. The number of halogens is 1. The third kappa shape index (κ3) is 3.19. The molecular formula is C15H17FN6. The van der Waals surface area contributed by atoms with Crippen molar-refractivity contribution in [3.8, 4) is 11.5 Å². The van der Waals surface area contributed by atoms with Gasteiger partial charge in [-0.05, 0) is 23.6 Å². The first-order valence-electron chi connectivity index (χ1n) is 7.16. The van der Waals surface area contributed by atoms with Crippen molar-refractivity contribution in [3.05, 3.63) is 47.7 Å². The number of nitrogens with zero attached hydrogens (tertiary/aromatic N) is 5. The molecular weight excluding hydrogens is 283 g/mol. The Morgan fingerprint density at radius 2 is 2.00 bits per heavy atom. The van der Waals surface area contributed by atoms with E-state index in [-0.39, 0.29) is 5.82 Å². The van der Waals surface area contributed by atoms with Gasteiger partial charge >= 0.3 is 0 Å². The van der Waals surface area contributed by atoms with Gasteiger partial charge in [0.25, 0.3) is 0 Å². The SMILES string of the molecule is CC(C)Cc1nc(-c2cn[nH]n2)n(Cc2ccc(F)cc2)n1. The van der Waals surface area contributed by atoms with Crippen LogP contribution in [0.25, 0.3) is 11.5 Å². The van der Waals surface area contributed by atoms with Crippen LogP contribution in [0.1, 0.15) is 25.2 Å². The Morgan fingerprint density at radius 3 is 2.64 bits per heavy atom. The molecule has 0 saturated carbocycles. The van der Waals surface area contributed by atoms with Crippen molar-refractivity contribution in [2.45, 2.75) is 26.8 Å². The van der Waals surface area contributed by atoms with E-state index in [4.69, 9.17) is 0 Å². The summed E-state index contributed by atoms with van der Waals surface area (Å²) in [5, 5.41) is 15.0. The molecule has 0 aliphatic rings. The molecule has 2 aromatic heterocycles. The Balaban J connectivity index is 1.94. The highest BCUT2D eigenvalue weighted by Crippen LogP contribution is 2.17. The van der Waals surface area contributed by atoms with Crippen LogP contribution in [0, 0.1) is 11.7 Å². The first-order valence-corrected chi connectivity index (χ1v) is 7.16. The number of aromatic nitrogens is 6. The van der Waals surface area contributed by atoms with Crippen molar-refractivity contribution in [1.29, 1.82) is 0 Å². The molecule has 0 spiro atoms. The van der Waals surface area contributed by atoms with Crippen molar-refractivity contribution in [3.63, 3.8) is 0 Å². The predicted octanol–water partition coefficient (Wildman–Crippen LogP) is 2.45. The Morgan fingerprint density at radius 1 is 1.23 bits per heavy atom. The Labute approximate surface area is 127 Å². The molecule has 0 unspecified atom stereocenters. The number of benzene rings is 1. The highest BCUT2D eigenvalue weighted by atomic mass is 19.1. The second kappa shape index (κ2) is 6.05. The summed E-state index contributed by atoms with van der Waals surface area (Å²) < 4.78 is 14.8. The van der Waals surface area contributed by atoms with Crippen LogP contribution in [-0.4, -0.2) is 30.2 Å². The first-order chi connectivity index (χ1) is 10.6. The van der Waals surface area contributed by atoms with Gasteiger partial charge in [-0.3, -0.25) is 0 Å². The average molecular weight is 300 g/mol. The molecule has 2 heterocycles. The van der Waals surface area contributed by atoms with Crippen molar-refractivity contribution in [2.24, 2.45) is 5.92 Å². The molecule has 3 aromatic rings. The Bertz CT molecular complexity index is 730. The minimum Gasteiger partial charge on any atom is -0.240 e. The number of hydrogen-bond donors (Lipinski definition) is 1. The molecule has 0 atom stereocenters. The van der Waals surface area contributed by atoms with E-state index in [1.165, 1.54) is 12.1 Å². The van der Waals surface area contributed by atoms with Gasteiger partial charge in [0.2, 0.25) is 0 Å². The summed E-state index contributed by atoms with van der Waals surface area (Å²) >= 11 is 0. The van der Waals surface area contributed by atoms with E-state index in [0.717, 1.165) is 17.8 Å². The summed E-state index contributed by atoms with van der Waals surface area (Å²) in [4.78, 5) is 4.56. The van der Waals surface area contributed by atoms with Gasteiger partial charge in [0.1, 0.15) is 11.5 Å². The number of H-pyrrole nitrogens is 1. The van der Waals surface area contributed by atoms with Gasteiger partial charge in [0, 0.05) is 6.42 Å². The molecule has 0 fully saturated rings. The molecule has 0 radical (unpaired) electrons. The van der Waals surface area contributed by atoms with Crippen LogP contribution < -0.4 is 0 Å². The molecule has 0 bridgehead atoms. The highest BCUT2D eigenvalue weighted by molar-refractivity contribution is 5.47. The molecule has 3 rings (SSSR count). The minimum atomic E-state index is -0.250. The summed E-state index contributed by atoms with van der Waals surface area (Å²) in [6, 6.07) is 6.37. The largest absolute Gasteiger partial charge is 0.240 e. The minimum absolute atomic E-state index is 0.250. The zero-order chi connectivity index (χ0) is 15.5. The predicted molar refractivity (Wildman–Crippen MR) is 79.4 cm³/mol. The van der Waals surface area contributed by atoms with Gasteiger partial charge in [0.15, 0.2) is 11.6 Å². The van der Waals surface area contributed by atoms with E-state index in [0.29, 0.717) is 24.0 Å². The lowest BCUT2D eigenvalue weighted by Crippen LogP contribution is -2.05. The summed E-state index contributed by atoms with van der Waals surface area (Å²) in [6.45, 7) is 4.75. The molecule has 22 heavy (non-hydrogen) atoms. The molecule has 6 nitrogen and oxygen atoms in total. The number of nitrogens with one attached hydrogen (secondary N) is 1. The van der Waals surface area contributed by atoms with E-state index in [2.05, 4.69) is 39.3 Å². The van der Waals surface area contributed by atoms with Gasteiger partial charge in [-0.1, -0.05) is 26.0 Å². The lowest BCUT2D eigenvalue weighted by atomic mass is 10.1. The monoisotopic (exact) mass is 300 g/mol. The van der Waals surface area contributed by atoms with Gasteiger partial charge in [0.05, 0.1) is 12.7 Å². The third-order valence-electron chi connectivity index (χ3n) is 3.20. The topological polar surface area (TPSA) is 72.3 Å². The summed E-state index contributed by atoms with van der Waals surface area (Å²) in [6.07, 6.45) is 2.41. The van der Waals surface area contributed by atoms with Crippen molar-refractivity contribution in [1.82, 2.24) is 30.2 Å². The zero-order valence-electron chi connectivity index (χ0n) is 12.5. The van der Waals surface area contributed by atoms with E-state index in [1.807, 2.05) is 0 Å². The maximum Gasteiger partial charge on any atom is 0.180 e. The van der Waals surface area contributed by atoms with Gasteiger partial charge in [-0.25, -0.2) is 14.1 Å². The van der Waals surface area contributed by atoms with E-state index < -0.39 is 0 Å². The third-order valence-corrected chi connectivity index (χ3v) is 3.20. The second-order valence-electron chi connectivity index (χ2n) is 5.59. The maximum absolute atomic E-state index is 13.0. The van der Waals surface area contributed by atoms with Crippen LogP contribution >= 0.6 is 0 Å². The zero-order valence-corrected chi connectivity index (χ0v) is 12.5. The fourth-order valence-corrected chi connectivity index (χ4v) is 2.21.